The van der Waals surface area contributed by atoms with E-state index in [1.807, 2.05) is 19.1 Å². The molecule has 1 aliphatic carbocycles. The Morgan fingerprint density at radius 3 is 2.65 bits per heavy atom. The number of benzene rings is 1. The molecule has 0 saturated heterocycles. The Bertz CT molecular complexity index is 470. The van der Waals surface area contributed by atoms with Crippen molar-refractivity contribution in [2.75, 3.05) is 6.61 Å². The Hall–Kier alpha value is -1.57. The summed E-state index contributed by atoms with van der Waals surface area (Å²) in [4.78, 5) is 11.6. The van der Waals surface area contributed by atoms with Crippen LogP contribution in [0, 0.1) is 0 Å². The van der Waals surface area contributed by atoms with Gasteiger partial charge in [0.1, 0.15) is 0 Å². The van der Waals surface area contributed by atoms with Crippen LogP contribution in [0.5, 0.6) is 0 Å². The number of fused-ring (bicyclic) bond motifs is 1. The Morgan fingerprint density at radius 1 is 1.29 bits per heavy atom. The van der Waals surface area contributed by atoms with Gasteiger partial charge in [-0.25, -0.2) is 0 Å². The first-order chi connectivity index (χ1) is 8.05. The van der Waals surface area contributed by atoms with E-state index in [9.17, 15) is 4.79 Å². The molecule has 2 rings (SSSR count). The molecule has 0 heterocycles. The summed E-state index contributed by atoms with van der Waals surface area (Å²) < 4.78 is 5.02. The first kappa shape index (κ1) is 11.9. The molecule has 1 aromatic rings. The number of esters is 1. The van der Waals surface area contributed by atoms with Gasteiger partial charge in [-0.2, -0.15) is 0 Å². The third-order valence-corrected chi connectivity index (χ3v) is 3.41. The van der Waals surface area contributed by atoms with Crippen LogP contribution < -0.4 is 0 Å². The smallest absolute Gasteiger partial charge is 0.309 e. The van der Waals surface area contributed by atoms with Gasteiger partial charge < -0.3 is 4.74 Å². The lowest BCUT2D eigenvalue weighted by Crippen LogP contribution is -2.20. The predicted molar refractivity (Wildman–Crippen MR) is 68.7 cm³/mol. The van der Waals surface area contributed by atoms with Gasteiger partial charge in [-0.15, -0.1) is 0 Å². The van der Waals surface area contributed by atoms with Crippen LogP contribution in [0.25, 0.3) is 6.08 Å². The lowest BCUT2D eigenvalue weighted by molar-refractivity contribution is -0.142. The number of ether oxygens (including phenoxy) is 1. The summed E-state index contributed by atoms with van der Waals surface area (Å²) in [6, 6.07) is 8.29. The van der Waals surface area contributed by atoms with Crippen LogP contribution in [0.4, 0.5) is 0 Å². The molecule has 1 aliphatic rings. The number of rotatable bonds is 3. The van der Waals surface area contributed by atoms with Gasteiger partial charge in [-0.3, -0.25) is 4.79 Å². The molecule has 0 spiro atoms. The van der Waals surface area contributed by atoms with Crippen molar-refractivity contribution in [1.82, 2.24) is 0 Å². The van der Waals surface area contributed by atoms with E-state index in [1.54, 1.807) is 0 Å². The monoisotopic (exact) mass is 230 g/mol. The summed E-state index contributed by atoms with van der Waals surface area (Å²) >= 11 is 0. The van der Waals surface area contributed by atoms with Gasteiger partial charge in [0.25, 0.3) is 0 Å². The Kier molecular flexibility index (Phi) is 3.05. The standard InChI is InChI=1S/C15H18O2/c1-4-17-14(16)10-12-9-11-7-5-6-8-13(11)15(12,2)3/h5-9H,4,10H2,1-3H3. The van der Waals surface area contributed by atoms with E-state index < -0.39 is 0 Å². The quantitative estimate of drug-likeness (QED) is 0.745. The second-order valence-electron chi connectivity index (χ2n) is 4.86. The van der Waals surface area contributed by atoms with E-state index in [4.69, 9.17) is 4.74 Å². The van der Waals surface area contributed by atoms with Crippen LogP contribution in [0.1, 0.15) is 38.3 Å². The highest BCUT2D eigenvalue weighted by molar-refractivity contribution is 5.79. The third kappa shape index (κ3) is 2.12. The molecule has 2 heteroatoms. The lowest BCUT2D eigenvalue weighted by atomic mass is 9.80. The van der Waals surface area contributed by atoms with Crippen LogP contribution in [0.2, 0.25) is 0 Å². The fourth-order valence-corrected chi connectivity index (χ4v) is 2.37. The highest BCUT2D eigenvalue weighted by atomic mass is 16.5. The first-order valence-electron chi connectivity index (χ1n) is 6.02. The molecular formula is C15H18O2. The van der Waals surface area contributed by atoms with Crippen LogP contribution >= 0.6 is 0 Å². The molecule has 0 atom stereocenters. The van der Waals surface area contributed by atoms with Crippen LogP contribution in [0.3, 0.4) is 0 Å². The van der Waals surface area contributed by atoms with Crippen molar-refractivity contribution in [3.63, 3.8) is 0 Å². The van der Waals surface area contributed by atoms with Crippen molar-refractivity contribution in [3.8, 4) is 0 Å². The molecule has 0 amide bonds. The molecule has 0 unspecified atom stereocenters. The summed E-state index contributed by atoms with van der Waals surface area (Å²) in [5.41, 5.74) is 3.58. The zero-order valence-corrected chi connectivity index (χ0v) is 10.6. The predicted octanol–water partition coefficient (Wildman–Crippen LogP) is 3.31. The van der Waals surface area contributed by atoms with Crippen molar-refractivity contribution in [1.29, 1.82) is 0 Å². The van der Waals surface area contributed by atoms with Crippen LogP contribution in [-0.2, 0) is 14.9 Å². The Labute approximate surface area is 102 Å². The molecule has 17 heavy (non-hydrogen) atoms. The summed E-state index contributed by atoms with van der Waals surface area (Å²) in [6.45, 7) is 6.59. The maximum Gasteiger partial charge on any atom is 0.309 e. The van der Waals surface area contributed by atoms with Crippen molar-refractivity contribution < 1.29 is 9.53 Å². The van der Waals surface area contributed by atoms with Gasteiger partial charge >= 0.3 is 5.97 Å². The Morgan fingerprint density at radius 2 is 2.00 bits per heavy atom. The number of hydrogen-bond donors (Lipinski definition) is 0. The van der Waals surface area contributed by atoms with Gasteiger partial charge in [0.2, 0.25) is 0 Å². The first-order valence-corrected chi connectivity index (χ1v) is 6.02. The second-order valence-corrected chi connectivity index (χ2v) is 4.86. The zero-order valence-electron chi connectivity index (χ0n) is 10.6. The summed E-state index contributed by atoms with van der Waals surface area (Å²) in [7, 11) is 0. The fourth-order valence-electron chi connectivity index (χ4n) is 2.37. The zero-order chi connectivity index (χ0) is 12.5. The minimum atomic E-state index is -0.139. The maximum atomic E-state index is 11.6. The molecule has 1 aromatic carbocycles. The van der Waals surface area contributed by atoms with E-state index in [-0.39, 0.29) is 11.4 Å². The number of carbonyl (C=O) groups is 1. The van der Waals surface area contributed by atoms with Gasteiger partial charge in [-0.05, 0) is 23.6 Å². The molecule has 0 N–H and O–H groups in total. The van der Waals surface area contributed by atoms with Crippen LogP contribution in [-0.4, -0.2) is 12.6 Å². The molecule has 0 bridgehead atoms. The van der Waals surface area contributed by atoms with Crippen molar-refractivity contribution in [3.05, 3.63) is 41.0 Å². The normalized spacial score (nSPS) is 16.3. The minimum Gasteiger partial charge on any atom is -0.466 e. The highest BCUT2D eigenvalue weighted by Crippen LogP contribution is 2.42. The number of hydrogen-bond acceptors (Lipinski definition) is 2. The Balaban J connectivity index is 2.25. The molecule has 90 valence electrons. The molecule has 2 nitrogen and oxygen atoms in total. The van der Waals surface area contributed by atoms with Crippen LogP contribution in [0.15, 0.2) is 29.8 Å². The maximum absolute atomic E-state index is 11.6. The fraction of sp³-hybridized carbons (Fsp3) is 0.400. The summed E-state index contributed by atoms with van der Waals surface area (Å²) in [5.74, 6) is -0.139. The molecule has 0 saturated carbocycles. The average molecular weight is 230 g/mol. The van der Waals surface area contributed by atoms with Gasteiger partial charge in [0, 0.05) is 5.41 Å². The summed E-state index contributed by atoms with van der Waals surface area (Å²) in [6.07, 6.45) is 2.50. The van der Waals surface area contributed by atoms with E-state index in [0.29, 0.717) is 13.0 Å². The van der Waals surface area contributed by atoms with Crippen molar-refractivity contribution in [2.45, 2.75) is 32.6 Å². The molecule has 0 aliphatic heterocycles. The highest BCUT2D eigenvalue weighted by Gasteiger charge is 2.33. The largest absolute Gasteiger partial charge is 0.466 e. The van der Waals surface area contributed by atoms with Gasteiger partial charge in [0.15, 0.2) is 0 Å². The van der Waals surface area contributed by atoms with Gasteiger partial charge in [0.05, 0.1) is 13.0 Å². The van der Waals surface area contributed by atoms with E-state index in [2.05, 4.69) is 32.1 Å². The molecule has 0 aromatic heterocycles. The van der Waals surface area contributed by atoms with E-state index in [1.165, 1.54) is 11.1 Å². The van der Waals surface area contributed by atoms with E-state index in [0.717, 1.165) is 5.57 Å². The average Bonchev–Trinajstić information content (AvgIpc) is 2.52. The third-order valence-electron chi connectivity index (χ3n) is 3.41. The van der Waals surface area contributed by atoms with Crippen molar-refractivity contribution >= 4 is 12.0 Å². The molecular weight excluding hydrogens is 212 g/mol. The second kappa shape index (κ2) is 4.36. The van der Waals surface area contributed by atoms with Gasteiger partial charge in [-0.1, -0.05) is 44.2 Å². The topological polar surface area (TPSA) is 26.3 Å². The summed E-state index contributed by atoms with van der Waals surface area (Å²) in [5, 5.41) is 0. The minimum absolute atomic E-state index is 0.0661. The number of carbonyl (C=O) groups excluding carboxylic acids is 1. The molecule has 0 fully saturated rings. The van der Waals surface area contributed by atoms with Crippen molar-refractivity contribution in [2.24, 2.45) is 0 Å². The van der Waals surface area contributed by atoms with E-state index >= 15 is 0 Å². The lowest BCUT2D eigenvalue weighted by Gasteiger charge is -2.24. The molecule has 0 radical (unpaired) electrons. The SMILES string of the molecule is CCOC(=O)CC1=Cc2ccccc2C1(C)C.